The van der Waals surface area contributed by atoms with Gasteiger partial charge in [-0.3, -0.25) is 0 Å². The molecule has 20 heavy (non-hydrogen) atoms. The summed E-state index contributed by atoms with van der Waals surface area (Å²) in [6, 6.07) is 12.3. The molecular formula is C15H8BrClFNS. The highest BCUT2D eigenvalue weighted by atomic mass is 79.9. The molecule has 5 heteroatoms. The van der Waals surface area contributed by atoms with Gasteiger partial charge in [-0.05, 0) is 30.3 Å². The molecule has 0 aliphatic carbocycles. The quantitative estimate of drug-likeness (QED) is 0.538. The average Bonchev–Trinajstić information content (AvgIpc) is 2.88. The van der Waals surface area contributed by atoms with E-state index in [2.05, 4.69) is 20.9 Å². The molecule has 0 saturated heterocycles. The van der Waals surface area contributed by atoms with E-state index < -0.39 is 0 Å². The third-order valence-electron chi connectivity index (χ3n) is 2.79. The maximum Gasteiger partial charge on any atom is 0.125 e. The molecule has 0 N–H and O–H groups in total. The van der Waals surface area contributed by atoms with Gasteiger partial charge in [0, 0.05) is 21.0 Å². The van der Waals surface area contributed by atoms with E-state index in [-0.39, 0.29) is 5.82 Å². The first-order valence-corrected chi connectivity index (χ1v) is 7.85. The number of hydrogen-bond acceptors (Lipinski definition) is 2. The molecule has 1 aromatic heterocycles. The Balaban J connectivity index is 2.02. The molecule has 3 rings (SSSR count). The number of aromatic nitrogens is 1. The van der Waals surface area contributed by atoms with E-state index in [1.165, 1.54) is 23.5 Å². The maximum atomic E-state index is 13.1. The fraction of sp³-hybridized carbons (Fsp3) is 0. The Morgan fingerprint density at radius 2 is 2.00 bits per heavy atom. The van der Waals surface area contributed by atoms with Crippen LogP contribution in [0.25, 0.3) is 21.8 Å². The van der Waals surface area contributed by atoms with E-state index in [0.29, 0.717) is 5.02 Å². The van der Waals surface area contributed by atoms with Gasteiger partial charge in [-0.25, -0.2) is 9.37 Å². The van der Waals surface area contributed by atoms with E-state index in [9.17, 15) is 4.39 Å². The lowest BCUT2D eigenvalue weighted by atomic mass is 10.2. The topological polar surface area (TPSA) is 12.9 Å². The van der Waals surface area contributed by atoms with Crippen LogP contribution in [0.4, 0.5) is 4.39 Å². The number of rotatable bonds is 2. The van der Waals surface area contributed by atoms with Crippen LogP contribution >= 0.6 is 38.9 Å². The van der Waals surface area contributed by atoms with Crippen molar-refractivity contribution in [3.05, 3.63) is 63.2 Å². The summed E-state index contributed by atoms with van der Waals surface area (Å²) < 4.78 is 14.1. The Hall–Kier alpha value is -1.23. The SMILES string of the molecule is Fc1ccc(-c2nc(-c3cccc(Br)c3)cs2)c(Cl)c1. The summed E-state index contributed by atoms with van der Waals surface area (Å²) in [7, 11) is 0. The van der Waals surface area contributed by atoms with Gasteiger partial charge in [-0.2, -0.15) is 0 Å². The molecule has 1 heterocycles. The normalized spacial score (nSPS) is 10.8. The first-order valence-electron chi connectivity index (χ1n) is 5.80. The van der Waals surface area contributed by atoms with Gasteiger partial charge in [0.05, 0.1) is 10.7 Å². The molecule has 0 unspecified atom stereocenters. The molecular weight excluding hydrogens is 361 g/mol. The number of nitrogens with zero attached hydrogens (tertiary/aromatic N) is 1. The molecule has 0 amide bonds. The highest BCUT2D eigenvalue weighted by Gasteiger charge is 2.10. The van der Waals surface area contributed by atoms with Crippen LogP contribution in [-0.2, 0) is 0 Å². The van der Waals surface area contributed by atoms with Crippen LogP contribution in [0, 0.1) is 5.82 Å². The van der Waals surface area contributed by atoms with Crippen LogP contribution < -0.4 is 0 Å². The molecule has 0 spiro atoms. The average molecular weight is 369 g/mol. The molecule has 0 radical (unpaired) electrons. The number of benzene rings is 2. The Bertz CT molecular complexity index is 772. The fourth-order valence-electron chi connectivity index (χ4n) is 1.84. The smallest absolute Gasteiger partial charge is 0.125 e. The van der Waals surface area contributed by atoms with Crippen molar-refractivity contribution in [3.63, 3.8) is 0 Å². The van der Waals surface area contributed by atoms with Crippen molar-refractivity contribution in [2.24, 2.45) is 0 Å². The largest absolute Gasteiger partial charge is 0.236 e. The predicted molar refractivity (Wildman–Crippen MR) is 85.7 cm³/mol. The summed E-state index contributed by atoms with van der Waals surface area (Å²) in [6.07, 6.45) is 0. The van der Waals surface area contributed by atoms with Gasteiger partial charge in [0.1, 0.15) is 10.8 Å². The van der Waals surface area contributed by atoms with Gasteiger partial charge >= 0.3 is 0 Å². The van der Waals surface area contributed by atoms with Crippen molar-refractivity contribution >= 4 is 38.9 Å². The lowest BCUT2D eigenvalue weighted by Gasteiger charge is -2.00. The highest BCUT2D eigenvalue weighted by molar-refractivity contribution is 9.10. The zero-order chi connectivity index (χ0) is 14.1. The third kappa shape index (κ3) is 2.77. The van der Waals surface area contributed by atoms with Crippen LogP contribution in [-0.4, -0.2) is 4.98 Å². The van der Waals surface area contributed by atoms with Gasteiger partial charge in [0.2, 0.25) is 0 Å². The Kier molecular flexibility index (Phi) is 3.87. The standard InChI is InChI=1S/C15H8BrClFNS/c16-10-3-1-2-9(6-10)14-8-20-15(19-14)12-5-4-11(18)7-13(12)17/h1-8H. The molecule has 0 saturated carbocycles. The van der Waals surface area contributed by atoms with Gasteiger partial charge in [0.25, 0.3) is 0 Å². The third-order valence-corrected chi connectivity index (χ3v) is 4.47. The van der Waals surface area contributed by atoms with Gasteiger partial charge in [-0.15, -0.1) is 11.3 Å². The second-order valence-corrected chi connectivity index (χ2v) is 6.35. The Labute approximate surface area is 133 Å². The van der Waals surface area contributed by atoms with E-state index in [1.54, 1.807) is 6.07 Å². The maximum absolute atomic E-state index is 13.1. The summed E-state index contributed by atoms with van der Waals surface area (Å²) in [5, 5.41) is 3.13. The van der Waals surface area contributed by atoms with Crippen LogP contribution in [0.5, 0.6) is 0 Å². The first-order chi connectivity index (χ1) is 9.63. The monoisotopic (exact) mass is 367 g/mol. The van der Waals surface area contributed by atoms with Crippen LogP contribution in [0.2, 0.25) is 5.02 Å². The van der Waals surface area contributed by atoms with Crippen molar-refractivity contribution < 1.29 is 4.39 Å². The fourth-order valence-corrected chi connectivity index (χ4v) is 3.42. The Morgan fingerprint density at radius 3 is 2.75 bits per heavy atom. The zero-order valence-corrected chi connectivity index (χ0v) is 13.3. The number of thiazole rings is 1. The minimum Gasteiger partial charge on any atom is -0.236 e. The van der Waals surface area contributed by atoms with Crippen molar-refractivity contribution in [2.75, 3.05) is 0 Å². The van der Waals surface area contributed by atoms with Crippen molar-refractivity contribution in [3.8, 4) is 21.8 Å². The second-order valence-electron chi connectivity index (χ2n) is 4.17. The molecule has 0 atom stereocenters. The number of hydrogen-bond donors (Lipinski definition) is 0. The first kappa shape index (κ1) is 13.7. The molecule has 1 nitrogen and oxygen atoms in total. The molecule has 100 valence electrons. The summed E-state index contributed by atoms with van der Waals surface area (Å²) in [5.74, 6) is -0.345. The van der Waals surface area contributed by atoms with E-state index >= 15 is 0 Å². The van der Waals surface area contributed by atoms with Crippen LogP contribution in [0.3, 0.4) is 0 Å². The Morgan fingerprint density at radius 1 is 1.15 bits per heavy atom. The summed E-state index contributed by atoms with van der Waals surface area (Å²) >= 11 is 11.0. The number of halogens is 3. The van der Waals surface area contributed by atoms with Crippen molar-refractivity contribution in [1.82, 2.24) is 4.98 Å². The minimum atomic E-state index is -0.345. The van der Waals surface area contributed by atoms with Crippen molar-refractivity contribution in [1.29, 1.82) is 0 Å². The molecule has 0 aliphatic rings. The van der Waals surface area contributed by atoms with Gasteiger partial charge < -0.3 is 0 Å². The minimum absolute atomic E-state index is 0.345. The summed E-state index contributed by atoms with van der Waals surface area (Å²) in [6.45, 7) is 0. The summed E-state index contributed by atoms with van der Waals surface area (Å²) in [4.78, 5) is 4.57. The predicted octanol–water partition coefficient (Wildman–Crippen LogP) is 6.03. The van der Waals surface area contributed by atoms with Gasteiger partial charge in [0.15, 0.2) is 0 Å². The molecule has 2 aromatic carbocycles. The molecule has 0 fully saturated rings. The summed E-state index contributed by atoms with van der Waals surface area (Å²) in [5.41, 5.74) is 2.66. The van der Waals surface area contributed by atoms with E-state index in [0.717, 1.165) is 26.3 Å². The van der Waals surface area contributed by atoms with Gasteiger partial charge in [-0.1, -0.05) is 39.7 Å². The zero-order valence-electron chi connectivity index (χ0n) is 10.1. The van der Waals surface area contributed by atoms with E-state index in [4.69, 9.17) is 11.6 Å². The molecule has 3 aromatic rings. The van der Waals surface area contributed by atoms with Crippen LogP contribution in [0.1, 0.15) is 0 Å². The van der Waals surface area contributed by atoms with Crippen LogP contribution in [0.15, 0.2) is 52.3 Å². The molecule has 0 aliphatic heterocycles. The van der Waals surface area contributed by atoms with E-state index in [1.807, 2.05) is 29.6 Å². The second kappa shape index (κ2) is 5.64. The lowest BCUT2D eigenvalue weighted by Crippen LogP contribution is -1.82. The highest BCUT2D eigenvalue weighted by Crippen LogP contribution is 2.34. The lowest BCUT2D eigenvalue weighted by molar-refractivity contribution is 0.628. The molecule has 0 bridgehead atoms. The van der Waals surface area contributed by atoms with Crippen molar-refractivity contribution in [2.45, 2.75) is 0 Å².